The lowest BCUT2D eigenvalue weighted by atomic mass is 9.91. The first kappa shape index (κ1) is 22.8. The standard InChI is InChI=1S/C19H20N6O.C7H14/c1-11-8-23-18-14(26-3)6-4-12(17(11)18)9-22-16-10-21-13-5-7-15(20-2)24-19(13)25-16;1-7-5-3-2-4-6-7/h4-8,10,23H,9H2,1-3H3,(H2,20,22,24,25);7H,2-6H2,1H3. The Balaban J connectivity index is 0.000000318. The number of anilines is 2. The second-order valence-corrected chi connectivity index (χ2v) is 8.79. The molecule has 7 heteroatoms. The predicted molar refractivity (Wildman–Crippen MR) is 136 cm³/mol. The number of nitrogens with zero attached hydrogens (tertiary/aromatic N) is 3. The maximum Gasteiger partial charge on any atom is 0.182 e. The maximum absolute atomic E-state index is 5.44. The summed E-state index contributed by atoms with van der Waals surface area (Å²) in [5, 5.41) is 7.53. The highest BCUT2D eigenvalue weighted by atomic mass is 16.5. The van der Waals surface area contributed by atoms with Crippen LogP contribution in [0.4, 0.5) is 11.6 Å². The summed E-state index contributed by atoms with van der Waals surface area (Å²) in [7, 11) is 3.51. The molecule has 174 valence electrons. The van der Waals surface area contributed by atoms with Crippen LogP contribution < -0.4 is 15.4 Å². The SMILES string of the molecule is CC1CCCCC1.CNc1ccc2ncc(NCc3ccc(OC)c4[nH]cc(C)c34)nc2n1. The number of nitrogens with one attached hydrogen (secondary N) is 3. The Kier molecular flexibility index (Phi) is 7.27. The number of methoxy groups -OCH3 is 1. The Morgan fingerprint density at radius 2 is 1.85 bits per heavy atom. The van der Waals surface area contributed by atoms with E-state index in [9.17, 15) is 0 Å². The van der Waals surface area contributed by atoms with Gasteiger partial charge in [0, 0.05) is 25.2 Å². The van der Waals surface area contributed by atoms with Crippen molar-refractivity contribution in [2.75, 3.05) is 24.8 Å². The molecule has 0 saturated heterocycles. The molecule has 33 heavy (non-hydrogen) atoms. The van der Waals surface area contributed by atoms with Crippen molar-refractivity contribution in [3.05, 3.63) is 47.8 Å². The Morgan fingerprint density at radius 1 is 1.06 bits per heavy atom. The summed E-state index contributed by atoms with van der Waals surface area (Å²) in [6, 6.07) is 7.83. The molecule has 4 aromatic rings. The van der Waals surface area contributed by atoms with Crippen LogP contribution in [0.2, 0.25) is 0 Å². The number of hydrogen-bond acceptors (Lipinski definition) is 6. The van der Waals surface area contributed by atoms with Crippen molar-refractivity contribution < 1.29 is 4.74 Å². The summed E-state index contributed by atoms with van der Waals surface area (Å²) < 4.78 is 5.44. The molecule has 7 nitrogen and oxygen atoms in total. The number of hydrogen-bond donors (Lipinski definition) is 3. The molecule has 1 fully saturated rings. The van der Waals surface area contributed by atoms with Crippen LogP contribution in [0.1, 0.15) is 50.2 Å². The van der Waals surface area contributed by atoms with Gasteiger partial charge in [0.25, 0.3) is 0 Å². The van der Waals surface area contributed by atoms with Gasteiger partial charge in [-0.15, -0.1) is 0 Å². The zero-order chi connectivity index (χ0) is 23.2. The Morgan fingerprint density at radius 3 is 2.55 bits per heavy atom. The van der Waals surface area contributed by atoms with Gasteiger partial charge in [0.2, 0.25) is 0 Å². The van der Waals surface area contributed by atoms with Crippen LogP contribution >= 0.6 is 0 Å². The van der Waals surface area contributed by atoms with Crippen molar-refractivity contribution in [2.45, 2.75) is 52.5 Å². The molecule has 0 bridgehead atoms. The van der Waals surface area contributed by atoms with Crippen molar-refractivity contribution in [1.82, 2.24) is 19.9 Å². The predicted octanol–water partition coefficient (Wildman–Crippen LogP) is 6.06. The van der Waals surface area contributed by atoms with Crippen LogP contribution in [-0.2, 0) is 6.54 Å². The topological polar surface area (TPSA) is 87.8 Å². The molecule has 0 spiro atoms. The molecule has 1 aliphatic carbocycles. The molecule has 1 aromatic carbocycles. The quantitative estimate of drug-likeness (QED) is 0.345. The highest BCUT2D eigenvalue weighted by molar-refractivity contribution is 5.91. The average Bonchev–Trinajstić information content (AvgIpc) is 3.25. The van der Waals surface area contributed by atoms with E-state index >= 15 is 0 Å². The summed E-state index contributed by atoms with van der Waals surface area (Å²) in [5.41, 5.74) is 4.73. The first-order valence-corrected chi connectivity index (χ1v) is 11.8. The summed E-state index contributed by atoms with van der Waals surface area (Å²) in [5.74, 6) is 3.33. The summed E-state index contributed by atoms with van der Waals surface area (Å²) in [6.07, 6.45) is 11.2. The molecule has 5 rings (SSSR count). The smallest absolute Gasteiger partial charge is 0.182 e. The summed E-state index contributed by atoms with van der Waals surface area (Å²) >= 11 is 0. The monoisotopic (exact) mass is 446 g/mol. The Labute approximate surface area is 195 Å². The molecule has 0 unspecified atom stereocenters. The van der Waals surface area contributed by atoms with Crippen LogP contribution in [-0.4, -0.2) is 34.1 Å². The number of aromatic nitrogens is 4. The van der Waals surface area contributed by atoms with E-state index in [4.69, 9.17) is 4.74 Å². The van der Waals surface area contributed by atoms with E-state index in [0.717, 1.165) is 28.5 Å². The van der Waals surface area contributed by atoms with Crippen LogP contribution in [0.15, 0.2) is 36.7 Å². The van der Waals surface area contributed by atoms with E-state index in [2.05, 4.69) is 50.5 Å². The van der Waals surface area contributed by atoms with Crippen molar-refractivity contribution >= 4 is 33.7 Å². The van der Waals surface area contributed by atoms with Crippen molar-refractivity contribution in [3.63, 3.8) is 0 Å². The highest BCUT2D eigenvalue weighted by Gasteiger charge is 2.11. The zero-order valence-electron chi connectivity index (χ0n) is 20.0. The number of aryl methyl sites for hydroxylation is 1. The van der Waals surface area contributed by atoms with Gasteiger partial charge >= 0.3 is 0 Å². The number of H-pyrrole nitrogens is 1. The number of rotatable bonds is 5. The fourth-order valence-corrected chi connectivity index (χ4v) is 4.41. The molecule has 0 radical (unpaired) electrons. The largest absolute Gasteiger partial charge is 0.495 e. The first-order chi connectivity index (χ1) is 16.1. The summed E-state index contributed by atoms with van der Waals surface area (Å²) in [4.78, 5) is 16.7. The molecule has 3 N–H and O–H groups in total. The van der Waals surface area contributed by atoms with E-state index in [1.807, 2.05) is 31.4 Å². The molecule has 0 aliphatic heterocycles. The molecule has 0 atom stereocenters. The lowest BCUT2D eigenvalue weighted by molar-refractivity contribution is 0.385. The minimum absolute atomic E-state index is 0.611. The number of aromatic amines is 1. The molecular formula is C26H34N6O. The molecule has 3 aromatic heterocycles. The lowest BCUT2D eigenvalue weighted by Gasteiger charge is -2.15. The average molecular weight is 447 g/mol. The van der Waals surface area contributed by atoms with E-state index in [0.29, 0.717) is 18.0 Å². The van der Waals surface area contributed by atoms with Gasteiger partial charge in [-0.3, -0.25) is 0 Å². The van der Waals surface area contributed by atoms with Gasteiger partial charge in [-0.05, 0) is 42.2 Å². The maximum atomic E-state index is 5.44. The molecule has 0 amide bonds. The van der Waals surface area contributed by atoms with Gasteiger partial charge in [-0.2, -0.15) is 0 Å². The molecule has 1 aliphatic rings. The highest BCUT2D eigenvalue weighted by Crippen LogP contribution is 2.30. The number of pyridine rings is 1. The van der Waals surface area contributed by atoms with E-state index in [1.54, 1.807) is 13.3 Å². The molecule has 3 heterocycles. The molecule has 1 saturated carbocycles. The van der Waals surface area contributed by atoms with Crippen molar-refractivity contribution in [1.29, 1.82) is 0 Å². The Bertz CT molecular complexity index is 1210. The summed E-state index contributed by atoms with van der Waals surface area (Å²) in [6.45, 7) is 5.07. The van der Waals surface area contributed by atoms with E-state index in [-0.39, 0.29) is 0 Å². The van der Waals surface area contributed by atoms with E-state index < -0.39 is 0 Å². The van der Waals surface area contributed by atoms with Crippen molar-refractivity contribution in [2.24, 2.45) is 5.92 Å². The minimum atomic E-state index is 0.611. The van der Waals surface area contributed by atoms with Gasteiger partial charge in [0.15, 0.2) is 5.65 Å². The fourth-order valence-electron chi connectivity index (χ4n) is 4.41. The van der Waals surface area contributed by atoms with Crippen LogP contribution in [0.5, 0.6) is 5.75 Å². The zero-order valence-corrected chi connectivity index (χ0v) is 20.0. The molecular weight excluding hydrogens is 412 g/mol. The number of ether oxygens (including phenoxy) is 1. The second kappa shape index (κ2) is 10.5. The second-order valence-electron chi connectivity index (χ2n) is 8.79. The van der Waals surface area contributed by atoms with E-state index in [1.165, 1.54) is 48.6 Å². The number of fused-ring (bicyclic) bond motifs is 2. The van der Waals surface area contributed by atoms with Gasteiger partial charge in [0.05, 0.1) is 18.8 Å². The van der Waals surface area contributed by atoms with Gasteiger partial charge in [0.1, 0.15) is 22.9 Å². The third kappa shape index (κ3) is 5.35. The minimum Gasteiger partial charge on any atom is -0.495 e. The Hall–Kier alpha value is -3.35. The van der Waals surface area contributed by atoms with Gasteiger partial charge < -0.3 is 20.4 Å². The normalized spacial score (nSPS) is 14.1. The number of benzene rings is 1. The van der Waals surface area contributed by atoms with Gasteiger partial charge in [-0.1, -0.05) is 45.1 Å². The lowest BCUT2D eigenvalue weighted by Crippen LogP contribution is -2.04. The van der Waals surface area contributed by atoms with Crippen molar-refractivity contribution in [3.8, 4) is 5.75 Å². The van der Waals surface area contributed by atoms with Crippen LogP contribution in [0.25, 0.3) is 22.1 Å². The van der Waals surface area contributed by atoms with Gasteiger partial charge in [-0.25, -0.2) is 15.0 Å². The third-order valence-electron chi connectivity index (χ3n) is 6.32. The third-order valence-corrected chi connectivity index (χ3v) is 6.32. The fraction of sp³-hybridized carbons (Fsp3) is 0.423. The first-order valence-electron chi connectivity index (χ1n) is 11.8. The van der Waals surface area contributed by atoms with Crippen LogP contribution in [0, 0.1) is 12.8 Å². The van der Waals surface area contributed by atoms with Crippen LogP contribution in [0.3, 0.4) is 0 Å².